The molecule has 5 rings (SSSR count). The normalized spacial score (nSPS) is 19.4. The van der Waals surface area contributed by atoms with E-state index in [1.165, 1.54) is 22.0 Å². The van der Waals surface area contributed by atoms with Gasteiger partial charge in [-0.25, -0.2) is 0 Å². The van der Waals surface area contributed by atoms with Gasteiger partial charge in [0.05, 0.1) is 5.41 Å². The van der Waals surface area contributed by atoms with Crippen LogP contribution in [0.4, 0.5) is 5.69 Å². The fourth-order valence-electron chi connectivity index (χ4n) is 4.75. The summed E-state index contributed by atoms with van der Waals surface area (Å²) >= 11 is 0. The molecule has 3 aromatic rings. The number of aromatic nitrogens is 1. The SMILES string of the molecule is CN1C(=O)C2(CCN(Cc3ccc4[nH]ccc4c3)CC2)c2ccccc21. The minimum Gasteiger partial charge on any atom is -0.361 e. The Morgan fingerprint density at radius 3 is 2.73 bits per heavy atom. The number of piperidine rings is 1. The van der Waals surface area contributed by atoms with Crippen molar-refractivity contribution in [2.75, 3.05) is 25.0 Å². The van der Waals surface area contributed by atoms with Crippen LogP contribution in [0.15, 0.2) is 54.7 Å². The molecule has 1 aromatic heterocycles. The van der Waals surface area contributed by atoms with Crippen molar-refractivity contribution in [2.24, 2.45) is 0 Å². The molecule has 4 nitrogen and oxygen atoms in total. The van der Waals surface area contributed by atoms with Gasteiger partial charge in [-0.05, 0) is 66.7 Å². The Hall–Kier alpha value is -2.59. The van der Waals surface area contributed by atoms with Gasteiger partial charge in [-0.1, -0.05) is 24.3 Å². The number of rotatable bonds is 2. The minimum absolute atomic E-state index is 0.270. The fourth-order valence-corrected chi connectivity index (χ4v) is 4.75. The van der Waals surface area contributed by atoms with Crippen molar-refractivity contribution in [2.45, 2.75) is 24.8 Å². The smallest absolute Gasteiger partial charge is 0.237 e. The molecule has 2 aliphatic heterocycles. The van der Waals surface area contributed by atoms with Crippen molar-refractivity contribution in [3.05, 3.63) is 65.9 Å². The number of likely N-dealkylation sites (N-methyl/N-ethyl adjacent to an activating group) is 1. The van der Waals surface area contributed by atoms with Gasteiger partial charge in [0.2, 0.25) is 5.91 Å². The molecular formula is C22H23N3O. The number of H-pyrrole nitrogens is 1. The molecule has 1 amide bonds. The number of nitrogens with one attached hydrogen (secondary N) is 1. The van der Waals surface area contributed by atoms with Gasteiger partial charge in [0.25, 0.3) is 0 Å². The molecule has 1 fully saturated rings. The van der Waals surface area contributed by atoms with Crippen LogP contribution in [-0.2, 0) is 16.8 Å². The molecule has 3 heterocycles. The van der Waals surface area contributed by atoms with E-state index in [4.69, 9.17) is 0 Å². The molecule has 2 aliphatic rings. The van der Waals surface area contributed by atoms with Crippen LogP contribution < -0.4 is 4.90 Å². The highest BCUT2D eigenvalue weighted by Gasteiger charge is 2.50. The highest BCUT2D eigenvalue weighted by molar-refractivity contribution is 6.07. The van der Waals surface area contributed by atoms with Crippen LogP contribution in [0.1, 0.15) is 24.0 Å². The predicted octanol–water partition coefficient (Wildman–Crippen LogP) is 3.68. The van der Waals surface area contributed by atoms with Crippen molar-refractivity contribution >= 4 is 22.5 Å². The summed E-state index contributed by atoms with van der Waals surface area (Å²) in [6.45, 7) is 2.86. The van der Waals surface area contributed by atoms with Gasteiger partial charge < -0.3 is 9.88 Å². The lowest BCUT2D eigenvalue weighted by Gasteiger charge is -2.38. The number of para-hydroxylation sites is 1. The zero-order valence-corrected chi connectivity index (χ0v) is 15.0. The third-order valence-corrected chi connectivity index (χ3v) is 6.23. The van der Waals surface area contributed by atoms with Crippen LogP contribution in [0.25, 0.3) is 10.9 Å². The summed E-state index contributed by atoms with van der Waals surface area (Å²) < 4.78 is 0. The molecule has 132 valence electrons. The Morgan fingerprint density at radius 1 is 1.08 bits per heavy atom. The zero-order chi connectivity index (χ0) is 17.7. The number of nitrogens with zero attached hydrogens (tertiary/aromatic N) is 2. The summed E-state index contributed by atoms with van der Waals surface area (Å²) in [7, 11) is 1.91. The van der Waals surface area contributed by atoms with Gasteiger partial charge in [0.1, 0.15) is 0 Å². The number of fused-ring (bicyclic) bond motifs is 3. The van der Waals surface area contributed by atoms with Gasteiger partial charge in [-0.2, -0.15) is 0 Å². The van der Waals surface area contributed by atoms with E-state index in [1.54, 1.807) is 0 Å². The third-order valence-electron chi connectivity index (χ3n) is 6.23. The number of carbonyl (C=O) groups excluding carboxylic acids is 1. The van der Waals surface area contributed by atoms with Crippen LogP contribution in [0.5, 0.6) is 0 Å². The van der Waals surface area contributed by atoms with Crippen molar-refractivity contribution in [1.82, 2.24) is 9.88 Å². The molecular weight excluding hydrogens is 322 g/mol. The standard InChI is InChI=1S/C22H23N3O/c1-24-20-5-3-2-4-18(20)22(21(24)26)9-12-25(13-10-22)15-16-6-7-19-17(14-16)8-11-23-19/h2-8,11,14,23H,9-10,12-13,15H2,1H3. The van der Waals surface area contributed by atoms with E-state index in [0.29, 0.717) is 0 Å². The number of anilines is 1. The number of benzene rings is 2. The Morgan fingerprint density at radius 2 is 1.88 bits per heavy atom. The van der Waals surface area contributed by atoms with Crippen molar-refractivity contribution < 1.29 is 4.79 Å². The Bertz CT molecular complexity index is 982. The van der Waals surface area contributed by atoms with Crippen molar-refractivity contribution in [3.8, 4) is 0 Å². The van der Waals surface area contributed by atoms with Crippen LogP contribution in [0, 0.1) is 0 Å². The Balaban J connectivity index is 1.35. The quantitative estimate of drug-likeness (QED) is 0.770. The van der Waals surface area contributed by atoms with Crippen LogP contribution >= 0.6 is 0 Å². The second-order valence-corrected chi connectivity index (χ2v) is 7.64. The average molecular weight is 345 g/mol. The van der Waals surface area contributed by atoms with Gasteiger partial charge >= 0.3 is 0 Å². The molecule has 1 N–H and O–H groups in total. The molecule has 0 unspecified atom stereocenters. The van der Waals surface area contributed by atoms with Crippen LogP contribution in [0.2, 0.25) is 0 Å². The molecule has 4 heteroatoms. The fraction of sp³-hybridized carbons (Fsp3) is 0.318. The zero-order valence-electron chi connectivity index (χ0n) is 15.0. The third kappa shape index (κ3) is 2.22. The summed E-state index contributed by atoms with van der Waals surface area (Å²) in [4.78, 5) is 20.6. The molecule has 26 heavy (non-hydrogen) atoms. The maximum absolute atomic E-state index is 13.0. The second kappa shape index (κ2) is 5.71. The van der Waals surface area contributed by atoms with E-state index in [0.717, 1.165) is 38.2 Å². The van der Waals surface area contributed by atoms with E-state index >= 15 is 0 Å². The average Bonchev–Trinajstić information content (AvgIpc) is 3.22. The topological polar surface area (TPSA) is 39.3 Å². The van der Waals surface area contributed by atoms with Gasteiger partial charge in [-0.3, -0.25) is 9.69 Å². The number of hydrogen-bond acceptors (Lipinski definition) is 2. The highest BCUT2D eigenvalue weighted by atomic mass is 16.2. The molecule has 0 radical (unpaired) electrons. The van der Waals surface area contributed by atoms with E-state index < -0.39 is 0 Å². The first-order valence-electron chi connectivity index (χ1n) is 9.33. The van der Waals surface area contributed by atoms with Crippen molar-refractivity contribution in [3.63, 3.8) is 0 Å². The first kappa shape index (κ1) is 15.6. The highest BCUT2D eigenvalue weighted by Crippen LogP contribution is 2.47. The van der Waals surface area contributed by atoms with E-state index in [-0.39, 0.29) is 11.3 Å². The number of aromatic amines is 1. The maximum Gasteiger partial charge on any atom is 0.237 e. The maximum atomic E-state index is 13.0. The number of likely N-dealkylation sites (tertiary alicyclic amines) is 1. The number of hydrogen-bond donors (Lipinski definition) is 1. The van der Waals surface area contributed by atoms with Gasteiger partial charge in [-0.15, -0.1) is 0 Å². The van der Waals surface area contributed by atoms with E-state index in [2.05, 4.69) is 52.3 Å². The second-order valence-electron chi connectivity index (χ2n) is 7.64. The van der Waals surface area contributed by atoms with Gasteiger partial charge in [0, 0.05) is 31.0 Å². The lowest BCUT2D eigenvalue weighted by Crippen LogP contribution is -2.47. The lowest BCUT2D eigenvalue weighted by atomic mass is 9.73. The number of amides is 1. The molecule has 0 saturated carbocycles. The molecule has 1 spiro atoms. The van der Waals surface area contributed by atoms with Crippen LogP contribution in [-0.4, -0.2) is 35.9 Å². The Kier molecular flexibility index (Phi) is 3.44. The summed E-state index contributed by atoms with van der Waals surface area (Å²) in [5, 5.41) is 1.26. The Labute approximate surface area is 153 Å². The first-order valence-corrected chi connectivity index (χ1v) is 9.33. The largest absolute Gasteiger partial charge is 0.361 e. The molecule has 0 aliphatic carbocycles. The minimum atomic E-state index is -0.313. The molecule has 0 bridgehead atoms. The van der Waals surface area contributed by atoms with Crippen LogP contribution in [0.3, 0.4) is 0 Å². The summed E-state index contributed by atoms with van der Waals surface area (Å²) in [5.74, 6) is 0.270. The molecule has 0 atom stereocenters. The lowest BCUT2D eigenvalue weighted by molar-refractivity contribution is -0.124. The van der Waals surface area contributed by atoms with E-state index in [1.807, 2.05) is 24.2 Å². The summed E-state index contributed by atoms with van der Waals surface area (Å²) in [6.07, 6.45) is 3.79. The van der Waals surface area contributed by atoms with Gasteiger partial charge in [0.15, 0.2) is 0 Å². The first-order chi connectivity index (χ1) is 12.7. The summed E-state index contributed by atoms with van der Waals surface area (Å²) in [5.41, 5.74) is 4.52. The number of carbonyl (C=O) groups is 1. The summed E-state index contributed by atoms with van der Waals surface area (Å²) in [6, 6.07) is 17.0. The molecule has 1 saturated heterocycles. The predicted molar refractivity (Wildman–Crippen MR) is 104 cm³/mol. The monoisotopic (exact) mass is 345 g/mol. The van der Waals surface area contributed by atoms with E-state index in [9.17, 15) is 4.79 Å². The van der Waals surface area contributed by atoms with Crippen molar-refractivity contribution in [1.29, 1.82) is 0 Å². The molecule has 2 aromatic carbocycles.